The summed E-state index contributed by atoms with van der Waals surface area (Å²) in [6, 6.07) is 4.56. The third-order valence-electron chi connectivity index (χ3n) is 2.58. The van der Waals surface area contributed by atoms with Crippen LogP contribution in [-0.4, -0.2) is 4.98 Å². The largest absolute Gasteiger partial charge is 0.261 e. The molecule has 0 saturated heterocycles. The van der Waals surface area contributed by atoms with Crippen molar-refractivity contribution < 1.29 is 0 Å². The molecular weight excluding hydrogens is 221 g/mol. The Balaban J connectivity index is 2.25. The van der Waals surface area contributed by atoms with Gasteiger partial charge < -0.3 is 0 Å². The number of rotatable bonds is 2. The minimum atomic E-state index is -1.46. The van der Waals surface area contributed by atoms with Crippen LogP contribution in [0.25, 0.3) is 0 Å². The molecule has 0 aliphatic carbocycles. The first kappa shape index (κ1) is 10.8. The Bertz CT molecular complexity index is 452. The summed E-state index contributed by atoms with van der Waals surface area (Å²) in [7, 11) is 0. The molecule has 0 unspecified atom stereocenters. The second-order valence-corrected chi connectivity index (χ2v) is 8.54. The summed E-state index contributed by atoms with van der Waals surface area (Å²) in [5.41, 5.74) is 3.79. The van der Waals surface area contributed by atoms with Crippen molar-refractivity contribution in [2.24, 2.45) is 0 Å². The molecular formula is C12H14NPS. The first-order valence-electron chi connectivity index (χ1n) is 4.97. The highest BCUT2D eigenvalue weighted by molar-refractivity contribution is 8.17. The summed E-state index contributed by atoms with van der Waals surface area (Å²) in [6.07, 6.45) is 2.75. The van der Waals surface area contributed by atoms with Gasteiger partial charge in [-0.2, -0.15) is 0 Å². The van der Waals surface area contributed by atoms with Crippen LogP contribution >= 0.6 is 6.04 Å². The predicted octanol–water partition coefficient (Wildman–Crippen LogP) is 3.88. The SMILES string of the molecule is CC1=CP(=S)(Cc2ccccn2)C=C1C. The smallest absolute Gasteiger partial charge is 0.0459 e. The Morgan fingerprint density at radius 3 is 2.40 bits per heavy atom. The fourth-order valence-electron chi connectivity index (χ4n) is 1.73. The lowest BCUT2D eigenvalue weighted by Gasteiger charge is -2.09. The summed E-state index contributed by atoms with van der Waals surface area (Å²) >= 11 is 5.72. The van der Waals surface area contributed by atoms with Gasteiger partial charge in [0.2, 0.25) is 0 Å². The van der Waals surface area contributed by atoms with Crippen LogP contribution in [0.3, 0.4) is 0 Å². The zero-order valence-electron chi connectivity index (χ0n) is 8.97. The Kier molecular flexibility index (Phi) is 2.90. The summed E-state index contributed by atoms with van der Waals surface area (Å²) in [5, 5.41) is 0. The van der Waals surface area contributed by atoms with Gasteiger partial charge in [-0.25, -0.2) is 0 Å². The number of hydrogen-bond donors (Lipinski definition) is 0. The summed E-state index contributed by atoms with van der Waals surface area (Å²) < 4.78 is 0. The third-order valence-corrected chi connectivity index (χ3v) is 6.07. The van der Waals surface area contributed by atoms with Crippen molar-refractivity contribution in [2.45, 2.75) is 20.0 Å². The van der Waals surface area contributed by atoms with Gasteiger partial charge in [-0.3, -0.25) is 4.98 Å². The third kappa shape index (κ3) is 2.45. The standard InChI is InChI=1S/C12H14NPS/c1-10-7-14(15,8-11(10)2)9-12-5-3-4-6-13-12/h3-8H,9H2,1-2H3. The van der Waals surface area contributed by atoms with E-state index < -0.39 is 6.04 Å². The predicted molar refractivity (Wildman–Crippen MR) is 69.7 cm³/mol. The average molecular weight is 235 g/mol. The number of aromatic nitrogens is 1. The van der Waals surface area contributed by atoms with Crippen LogP contribution in [-0.2, 0) is 18.0 Å². The summed E-state index contributed by atoms with van der Waals surface area (Å²) in [4.78, 5) is 4.34. The molecule has 0 spiro atoms. The van der Waals surface area contributed by atoms with Gasteiger partial charge in [0.25, 0.3) is 0 Å². The summed E-state index contributed by atoms with van der Waals surface area (Å²) in [5.74, 6) is 4.54. The van der Waals surface area contributed by atoms with Gasteiger partial charge in [0.05, 0.1) is 0 Å². The molecule has 0 fully saturated rings. The fraction of sp³-hybridized carbons (Fsp3) is 0.250. The van der Waals surface area contributed by atoms with Crippen LogP contribution in [0.5, 0.6) is 0 Å². The molecule has 0 bridgehead atoms. The average Bonchev–Trinajstić information content (AvgIpc) is 2.42. The van der Waals surface area contributed by atoms with Crippen molar-refractivity contribution in [1.29, 1.82) is 0 Å². The number of allylic oxidation sites excluding steroid dienone is 2. The van der Waals surface area contributed by atoms with E-state index in [1.54, 1.807) is 0 Å². The van der Waals surface area contributed by atoms with Crippen LogP contribution in [0.2, 0.25) is 0 Å². The fourth-order valence-corrected chi connectivity index (χ4v) is 5.75. The summed E-state index contributed by atoms with van der Waals surface area (Å²) in [6.45, 7) is 4.27. The Morgan fingerprint density at radius 1 is 1.20 bits per heavy atom. The normalized spacial score (nSPS) is 18.5. The van der Waals surface area contributed by atoms with Crippen LogP contribution in [0, 0.1) is 0 Å². The van der Waals surface area contributed by atoms with Gasteiger partial charge in [-0.05, 0) is 48.8 Å². The van der Waals surface area contributed by atoms with Gasteiger partial charge in [0.15, 0.2) is 0 Å². The Labute approximate surface area is 95.9 Å². The van der Waals surface area contributed by atoms with Gasteiger partial charge in [-0.15, -0.1) is 0 Å². The molecule has 1 aliphatic rings. The molecule has 2 heterocycles. The van der Waals surface area contributed by atoms with Crippen molar-refractivity contribution in [1.82, 2.24) is 4.98 Å². The van der Waals surface area contributed by atoms with Crippen molar-refractivity contribution in [3.63, 3.8) is 0 Å². The van der Waals surface area contributed by atoms with Crippen molar-refractivity contribution in [2.75, 3.05) is 0 Å². The van der Waals surface area contributed by atoms with Crippen molar-refractivity contribution in [3.05, 3.63) is 52.9 Å². The van der Waals surface area contributed by atoms with E-state index >= 15 is 0 Å². The van der Waals surface area contributed by atoms with Crippen LogP contribution in [0.4, 0.5) is 0 Å². The Morgan fingerprint density at radius 2 is 1.87 bits per heavy atom. The molecule has 1 aromatic heterocycles. The molecule has 78 valence electrons. The number of nitrogens with zero attached hydrogens (tertiary/aromatic N) is 1. The molecule has 3 heteroatoms. The molecule has 1 aliphatic heterocycles. The molecule has 0 N–H and O–H groups in total. The lowest BCUT2D eigenvalue weighted by atomic mass is 10.2. The van der Waals surface area contributed by atoms with E-state index in [9.17, 15) is 0 Å². The maximum atomic E-state index is 5.72. The maximum absolute atomic E-state index is 5.72. The van der Waals surface area contributed by atoms with Crippen LogP contribution in [0.1, 0.15) is 19.5 Å². The van der Waals surface area contributed by atoms with E-state index in [4.69, 9.17) is 11.8 Å². The van der Waals surface area contributed by atoms with E-state index in [0.717, 1.165) is 11.9 Å². The van der Waals surface area contributed by atoms with Crippen LogP contribution in [0.15, 0.2) is 47.2 Å². The Hall–Kier alpha value is -0.720. The van der Waals surface area contributed by atoms with E-state index in [1.807, 2.05) is 18.3 Å². The quantitative estimate of drug-likeness (QED) is 0.721. The molecule has 0 atom stereocenters. The maximum Gasteiger partial charge on any atom is 0.0459 e. The minimum Gasteiger partial charge on any atom is -0.261 e. The van der Waals surface area contributed by atoms with E-state index in [1.165, 1.54) is 11.1 Å². The highest BCUT2D eigenvalue weighted by Gasteiger charge is 2.19. The van der Waals surface area contributed by atoms with Crippen LogP contribution < -0.4 is 0 Å². The van der Waals surface area contributed by atoms with Gasteiger partial charge >= 0.3 is 0 Å². The van der Waals surface area contributed by atoms with Gasteiger partial charge in [-0.1, -0.05) is 17.9 Å². The van der Waals surface area contributed by atoms with Gasteiger partial charge in [0, 0.05) is 24.1 Å². The molecule has 0 aromatic carbocycles. The zero-order valence-corrected chi connectivity index (χ0v) is 10.7. The molecule has 1 aromatic rings. The molecule has 0 saturated carbocycles. The lowest BCUT2D eigenvalue weighted by molar-refractivity contribution is 1.17. The number of pyridine rings is 1. The molecule has 1 nitrogen and oxygen atoms in total. The highest BCUT2D eigenvalue weighted by atomic mass is 32.4. The highest BCUT2D eigenvalue weighted by Crippen LogP contribution is 2.58. The van der Waals surface area contributed by atoms with E-state index in [0.29, 0.717) is 0 Å². The number of hydrogen-bond acceptors (Lipinski definition) is 2. The van der Waals surface area contributed by atoms with E-state index in [2.05, 4.69) is 36.5 Å². The monoisotopic (exact) mass is 235 g/mol. The van der Waals surface area contributed by atoms with Crippen molar-refractivity contribution >= 4 is 17.8 Å². The molecule has 15 heavy (non-hydrogen) atoms. The van der Waals surface area contributed by atoms with E-state index in [-0.39, 0.29) is 0 Å². The van der Waals surface area contributed by atoms with Crippen molar-refractivity contribution in [3.8, 4) is 0 Å². The zero-order chi connectivity index (χ0) is 10.9. The minimum absolute atomic E-state index is 0.915. The molecule has 0 amide bonds. The first-order valence-corrected chi connectivity index (χ1v) is 8.09. The second-order valence-electron chi connectivity index (χ2n) is 3.96. The topological polar surface area (TPSA) is 12.9 Å². The van der Waals surface area contributed by atoms with Gasteiger partial charge in [0.1, 0.15) is 0 Å². The molecule has 0 radical (unpaired) electrons. The second kappa shape index (κ2) is 4.03. The lowest BCUT2D eigenvalue weighted by Crippen LogP contribution is -1.86. The first-order chi connectivity index (χ1) is 7.09. The molecule has 2 rings (SSSR count).